The van der Waals surface area contributed by atoms with Gasteiger partial charge >= 0.3 is 0 Å². The number of H-pyrrole nitrogens is 1. The minimum absolute atomic E-state index is 0.0580. The summed E-state index contributed by atoms with van der Waals surface area (Å²) in [5.74, 6) is 0.890. The van der Waals surface area contributed by atoms with Crippen molar-refractivity contribution in [3.05, 3.63) is 149 Å². The van der Waals surface area contributed by atoms with Crippen LogP contribution in [0.4, 0.5) is 11.4 Å². The summed E-state index contributed by atoms with van der Waals surface area (Å²) in [4.78, 5) is 37.0. The lowest BCUT2D eigenvalue weighted by molar-refractivity contribution is -0.117. The van der Waals surface area contributed by atoms with Crippen LogP contribution in [0.3, 0.4) is 0 Å². The van der Waals surface area contributed by atoms with Gasteiger partial charge in [0.1, 0.15) is 0 Å². The molecule has 2 atom stereocenters. The molecule has 3 N–H and O–H groups in total. The number of hydrogen-bond acceptors (Lipinski definition) is 5. The molecule has 1 aliphatic heterocycles. The number of aromatic nitrogens is 2. The molecule has 63 heavy (non-hydrogen) atoms. The highest BCUT2D eigenvalue weighted by Gasteiger charge is 2.42. The van der Waals surface area contributed by atoms with Gasteiger partial charge in [-0.05, 0) is 80.6 Å². The Balaban J connectivity index is 1.19. The summed E-state index contributed by atoms with van der Waals surface area (Å²) in [6.45, 7) is 16.0. The van der Waals surface area contributed by atoms with E-state index in [-0.39, 0.29) is 28.1 Å². The van der Waals surface area contributed by atoms with Crippen molar-refractivity contribution in [2.24, 2.45) is 10.8 Å². The number of benzene rings is 2. The van der Waals surface area contributed by atoms with E-state index in [2.05, 4.69) is 119 Å². The van der Waals surface area contributed by atoms with Crippen LogP contribution in [0.15, 0.2) is 137 Å². The number of aromatic amines is 1. The SMILES string of the molecule is COc1c2cccc1-c1cccc(n1)-c1cccc(c1OC)NC(=O)CC[C@](C)(C1=CC=CC1)C1=CC=C(C1)C(C)(C)C1=CC=C(C1)C(C)(c1ccc(C(C)(C)C)[nH]1)CCC(=O)N2. The van der Waals surface area contributed by atoms with Crippen molar-refractivity contribution in [3.8, 4) is 34.0 Å². The number of para-hydroxylation sites is 2. The zero-order valence-electron chi connectivity index (χ0n) is 38.4. The Labute approximate surface area is 373 Å². The number of nitrogens with zero attached hydrogens (tertiary/aromatic N) is 1. The Kier molecular flexibility index (Phi) is 11.6. The summed E-state index contributed by atoms with van der Waals surface area (Å²) in [6.07, 6.45) is 20.3. The molecule has 0 fully saturated rings. The highest BCUT2D eigenvalue weighted by Crippen LogP contribution is 2.54. The fraction of sp³-hybridized carbons (Fsp3) is 0.364. The molecule has 8 heteroatoms. The van der Waals surface area contributed by atoms with E-state index in [1.807, 2.05) is 54.6 Å². The second-order valence-electron chi connectivity index (χ2n) is 19.5. The zero-order valence-corrected chi connectivity index (χ0v) is 38.4. The quantitative estimate of drug-likeness (QED) is 0.190. The van der Waals surface area contributed by atoms with E-state index in [0.29, 0.717) is 59.9 Å². The van der Waals surface area contributed by atoms with E-state index in [1.54, 1.807) is 14.2 Å². The average Bonchev–Trinajstić information content (AvgIpc) is 4.12. The molecule has 0 radical (unpaired) electrons. The number of fused-ring (bicyclic) bond motifs is 12. The number of ether oxygens (including phenoxy) is 2. The molecule has 4 aliphatic rings. The smallest absolute Gasteiger partial charge is 0.224 e. The molecule has 1 unspecified atom stereocenters. The molecule has 326 valence electrons. The number of amides is 2. The second-order valence-corrected chi connectivity index (χ2v) is 19.5. The Morgan fingerprint density at radius 1 is 0.603 bits per heavy atom. The molecule has 2 aromatic carbocycles. The van der Waals surface area contributed by atoms with Crippen LogP contribution >= 0.6 is 0 Å². The van der Waals surface area contributed by atoms with Crippen molar-refractivity contribution < 1.29 is 19.1 Å². The summed E-state index contributed by atoms with van der Waals surface area (Å²) in [7, 11) is 3.23. The first-order chi connectivity index (χ1) is 30.0. The summed E-state index contributed by atoms with van der Waals surface area (Å²) >= 11 is 0. The molecule has 0 saturated heterocycles. The number of carbonyl (C=O) groups excluding carboxylic acids is 2. The largest absolute Gasteiger partial charge is 0.494 e. The van der Waals surface area contributed by atoms with Crippen LogP contribution in [0.5, 0.6) is 11.5 Å². The first kappa shape index (κ1) is 43.5. The van der Waals surface area contributed by atoms with Crippen molar-refractivity contribution >= 4 is 23.2 Å². The van der Waals surface area contributed by atoms with Crippen molar-refractivity contribution in [3.63, 3.8) is 0 Å². The van der Waals surface area contributed by atoms with Crippen molar-refractivity contribution in [1.29, 1.82) is 0 Å². The van der Waals surface area contributed by atoms with Crippen LogP contribution in [0.2, 0.25) is 0 Å². The summed E-state index contributed by atoms with van der Waals surface area (Å²) < 4.78 is 12.0. The van der Waals surface area contributed by atoms with Gasteiger partial charge in [0.2, 0.25) is 11.8 Å². The van der Waals surface area contributed by atoms with Crippen LogP contribution in [-0.4, -0.2) is 36.0 Å². The third-order valence-electron chi connectivity index (χ3n) is 14.3. The first-order valence-corrected chi connectivity index (χ1v) is 22.3. The van der Waals surface area contributed by atoms with Gasteiger partial charge in [-0.25, -0.2) is 4.98 Å². The molecule has 10 bridgehead atoms. The van der Waals surface area contributed by atoms with E-state index in [4.69, 9.17) is 14.5 Å². The Morgan fingerprint density at radius 3 is 1.60 bits per heavy atom. The normalized spacial score (nSPS) is 22.6. The van der Waals surface area contributed by atoms with Crippen molar-refractivity contribution in [2.75, 3.05) is 24.9 Å². The van der Waals surface area contributed by atoms with Crippen LogP contribution in [-0.2, 0) is 20.4 Å². The lowest BCUT2D eigenvalue weighted by Gasteiger charge is -2.37. The summed E-state index contributed by atoms with van der Waals surface area (Å²) in [5.41, 5.74) is 11.9. The third kappa shape index (κ3) is 8.28. The van der Waals surface area contributed by atoms with Gasteiger partial charge < -0.3 is 25.1 Å². The lowest BCUT2D eigenvalue weighted by atomic mass is 9.67. The monoisotopic (exact) mass is 842 g/mol. The standard InChI is InChI=1S/C55H62N4O4/c1-52(2,3)46-27-28-47(59-46)55(7)32-30-49(61)58-45-22-13-18-41(51(45)63-9)43-20-14-19-42(56-43)40-17-12-21-44(50(40)62-8)57-48(60)29-31-54(6,35-15-10-11-16-35)38-25-23-36(33-38)53(4,5)37-24-26-39(55)34-37/h10-15,17-28,59H,16,29-34H2,1-9H3,(H,57,60)(H,58,61)/t54-,55?/m1/s1. The minimum atomic E-state index is -0.441. The molecule has 3 aliphatic carbocycles. The predicted octanol–water partition coefficient (Wildman–Crippen LogP) is 12.9. The lowest BCUT2D eigenvalue weighted by Crippen LogP contribution is -2.29. The van der Waals surface area contributed by atoms with Gasteiger partial charge in [0.25, 0.3) is 0 Å². The highest BCUT2D eigenvalue weighted by molar-refractivity contribution is 5.95. The maximum atomic E-state index is 14.1. The van der Waals surface area contributed by atoms with Gasteiger partial charge in [0.05, 0.1) is 37.0 Å². The fourth-order valence-corrected chi connectivity index (χ4v) is 9.88. The maximum absolute atomic E-state index is 14.1. The fourth-order valence-electron chi connectivity index (χ4n) is 9.88. The molecule has 8 rings (SSSR count). The van der Waals surface area contributed by atoms with Gasteiger partial charge in [-0.1, -0.05) is 137 Å². The molecule has 0 saturated carbocycles. The molecule has 3 heterocycles. The molecular formula is C55H62N4O4. The number of pyridine rings is 1. The highest BCUT2D eigenvalue weighted by atomic mass is 16.5. The second kappa shape index (κ2) is 16.9. The number of allylic oxidation sites excluding steroid dienone is 12. The van der Waals surface area contributed by atoms with Crippen molar-refractivity contribution in [1.82, 2.24) is 9.97 Å². The van der Waals surface area contributed by atoms with Crippen LogP contribution in [0.25, 0.3) is 22.5 Å². The van der Waals surface area contributed by atoms with Crippen molar-refractivity contribution in [2.45, 2.75) is 104 Å². The van der Waals surface area contributed by atoms with E-state index in [0.717, 1.165) is 36.1 Å². The van der Waals surface area contributed by atoms with Gasteiger partial charge in [-0.3, -0.25) is 9.59 Å². The zero-order chi connectivity index (χ0) is 44.7. The molecule has 4 aromatic rings. The number of carbonyl (C=O) groups is 2. The number of rotatable bonds is 4. The van der Waals surface area contributed by atoms with Gasteiger partial charge in [-0.15, -0.1) is 0 Å². The van der Waals surface area contributed by atoms with E-state index in [1.165, 1.54) is 33.6 Å². The van der Waals surface area contributed by atoms with Gasteiger partial charge in [-0.2, -0.15) is 0 Å². The Bertz CT molecular complexity index is 2660. The predicted molar refractivity (Wildman–Crippen MR) is 256 cm³/mol. The molecule has 8 nitrogen and oxygen atoms in total. The Morgan fingerprint density at radius 2 is 1.11 bits per heavy atom. The average molecular weight is 843 g/mol. The first-order valence-electron chi connectivity index (χ1n) is 22.3. The molecule has 2 amide bonds. The van der Waals surface area contributed by atoms with E-state index >= 15 is 0 Å². The summed E-state index contributed by atoms with van der Waals surface area (Å²) in [5, 5.41) is 6.39. The van der Waals surface area contributed by atoms with Crippen LogP contribution in [0, 0.1) is 10.8 Å². The number of anilines is 2. The van der Waals surface area contributed by atoms with E-state index in [9.17, 15) is 9.59 Å². The summed E-state index contributed by atoms with van der Waals surface area (Å²) in [6, 6.07) is 21.7. The van der Waals surface area contributed by atoms with Gasteiger partial charge in [0.15, 0.2) is 11.5 Å². The minimum Gasteiger partial charge on any atom is -0.494 e. The maximum Gasteiger partial charge on any atom is 0.224 e. The molecular weight excluding hydrogens is 781 g/mol. The topological polar surface area (TPSA) is 105 Å². The Hall–Kier alpha value is -6.15. The number of nitrogens with one attached hydrogen (secondary N) is 3. The molecule has 0 spiro atoms. The number of methoxy groups -OCH3 is 2. The molecule has 2 aromatic heterocycles. The number of hydrogen-bond donors (Lipinski definition) is 3. The van der Waals surface area contributed by atoms with E-state index < -0.39 is 5.41 Å². The third-order valence-corrected chi connectivity index (χ3v) is 14.3. The van der Waals surface area contributed by atoms with Crippen LogP contribution < -0.4 is 20.1 Å². The van der Waals surface area contributed by atoms with Crippen LogP contribution in [0.1, 0.15) is 105 Å². The van der Waals surface area contributed by atoms with Gasteiger partial charge in [0, 0.05) is 57.0 Å².